The highest BCUT2D eigenvalue weighted by molar-refractivity contribution is 5.82. The van der Waals surface area contributed by atoms with Crippen LogP contribution in [0.1, 0.15) is 70.8 Å². The summed E-state index contributed by atoms with van der Waals surface area (Å²) >= 11 is 0. The Labute approximate surface area is 147 Å². The lowest BCUT2D eigenvalue weighted by molar-refractivity contribution is -0.137. The van der Waals surface area contributed by atoms with Crippen molar-refractivity contribution >= 4 is 5.97 Å². The van der Waals surface area contributed by atoms with E-state index in [1.807, 2.05) is 25.1 Å². The molecule has 1 N–H and O–H groups in total. The van der Waals surface area contributed by atoms with Crippen LogP contribution >= 0.6 is 0 Å². The van der Waals surface area contributed by atoms with Crippen molar-refractivity contribution in [1.29, 1.82) is 0 Å². The summed E-state index contributed by atoms with van der Waals surface area (Å²) in [6.07, 6.45) is 11.5. The van der Waals surface area contributed by atoms with Crippen molar-refractivity contribution in [3.8, 4) is 0 Å². The van der Waals surface area contributed by atoms with Gasteiger partial charge in [-0.05, 0) is 18.9 Å². The average molecular weight is 332 g/mol. The van der Waals surface area contributed by atoms with Gasteiger partial charge in [0.1, 0.15) is 0 Å². The molecule has 3 nitrogen and oxygen atoms in total. The zero-order valence-corrected chi connectivity index (χ0v) is 15.4. The van der Waals surface area contributed by atoms with Crippen molar-refractivity contribution in [2.45, 2.75) is 71.8 Å². The fourth-order valence-corrected chi connectivity index (χ4v) is 2.52. The molecule has 0 aliphatic carbocycles. The molecular formula is C21H33NO2. The molecule has 0 atom stereocenters. The Bertz CT molecular complexity index is 468. The number of hydrogen-bond acceptors (Lipinski definition) is 3. The van der Waals surface area contributed by atoms with E-state index in [9.17, 15) is 4.79 Å². The molecule has 0 aliphatic heterocycles. The third kappa shape index (κ3) is 10.9. The second kappa shape index (κ2) is 13.6. The zero-order valence-electron chi connectivity index (χ0n) is 15.4. The number of hydrogen-bond donors (Lipinski definition) is 1. The molecule has 0 amide bonds. The number of ether oxygens (including phenoxy) is 1. The van der Waals surface area contributed by atoms with Crippen LogP contribution in [0.5, 0.6) is 0 Å². The highest BCUT2D eigenvalue weighted by Gasteiger charge is 2.00. The van der Waals surface area contributed by atoms with Crippen LogP contribution < -0.4 is 5.32 Å². The topological polar surface area (TPSA) is 38.3 Å². The van der Waals surface area contributed by atoms with Gasteiger partial charge < -0.3 is 10.1 Å². The molecule has 0 heterocycles. The molecule has 0 aliphatic rings. The Morgan fingerprint density at radius 2 is 1.62 bits per heavy atom. The summed E-state index contributed by atoms with van der Waals surface area (Å²) in [7, 11) is 0. The largest absolute Gasteiger partial charge is 0.462 e. The van der Waals surface area contributed by atoms with E-state index in [1.165, 1.54) is 50.2 Å². The van der Waals surface area contributed by atoms with Crippen molar-refractivity contribution in [3.63, 3.8) is 0 Å². The first-order valence-corrected chi connectivity index (χ1v) is 9.35. The van der Waals surface area contributed by atoms with Gasteiger partial charge in [-0.3, -0.25) is 0 Å². The van der Waals surface area contributed by atoms with E-state index in [-0.39, 0.29) is 5.97 Å². The van der Waals surface area contributed by atoms with Gasteiger partial charge in [-0.2, -0.15) is 0 Å². The minimum absolute atomic E-state index is 0.254. The average Bonchev–Trinajstić information content (AvgIpc) is 2.59. The van der Waals surface area contributed by atoms with Gasteiger partial charge in [0.25, 0.3) is 0 Å². The minimum Gasteiger partial charge on any atom is -0.462 e. The van der Waals surface area contributed by atoms with Crippen molar-refractivity contribution in [1.82, 2.24) is 5.32 Å². The zero-order chi connectivity index (χ0) is 17.5. The third-order valence-electron chi connectivity index (χ3n) is 3.99. The smallest absolute Gasteiger partial charge is 0.332 e. The maximum atomic E-state index is 11.7. The number of carbonyl (C=O) groups excluding carboxylic acids is 1. The van der Waals surface area contributed by atoms with Gasteiger partial charge in [0.2, 0.25) is 0 Å². The van der Waals surface area contributed by atoms with E-state index < -0.39 is 0 Å². The van der Waals surface area contributed by atoms with Gasteiger partial charge in [0.05, 0.1) is 6.61 Å². The van der Waals surface area contributed by atoms with E-state index in [2.05, 4.69) is 24.4 Å². The molecular weight excluding hydrogens is 298 g/mol. The van der Waals surface area contributed by atoms with Crippen molar-refractivity contribution < 1.29 is 9.53 Å². The summed E-state index contributed by atoms with van der Waals surface area (Å²) < 4.78 is 5.25. The van der Waals surface area contributed by atoms with Crippen LogP contribution in [-0.2, 0) is 16.1 Å². The van der Waals surface area contributed by atoms with Crippen LogP contribution in [-0.4, -0.2) is 12.6 Å². The van der Waals surface area contributed by atoms with Crippen LogP contribution in [0.2, 0.25) is 0 Å². The summed E-state index contributed by atoms with van der Waals surface area (Å²) in [6.45, 7) is 5.37. The Kier molecular flexibility index (Phi) is 11.5. The number of rotatable bonds is 13. The predicted octanol–water partition coefficient (Wildman–Crippen LogP) is 5.36. The van der Waals surface area contributed by atoms with Crippen LogP contribution in [0.3, 0.4) is 0 Å². The minimum atomic E-state index is -0.254. The standard InChI is InChI=1S/C21H33NO2/c1-3-4-5-6-7-8-9-13-16-24-21(23)17-19(2)22-18-20-14-11-10-12-15-20/h10-12,14-15,17,22H,3-9,13,16,18H2,1-2H3/b19-17-. The van der Waals surface area contributed by atoms with Gasteiger partial charge in [-0.15, -0.1) is 0 Å². The lowest BCUT2D eigenvalue weighted by Gasteiger charge is -2.07. The highest BCUT2D eigenvalue weighted by atomic mass is 16.5. The predicted molar refractivity (Wildman–Crippen MR) is 101 cm³/mol. The van der Waals surface area contributed by atoms with E-state index in [0.29, 0.717) is 13.2 Å². The summed E-state index contributed by atoms with van der Waals surface area (Å²) in [4.78, 5) is 11.7. The summed E-state index contributed by atoms with van der Waals surface area (Å²) in [5.41, 5.74) is 2.03. The van der Waals surface area contributed by atoms with Gasteiger partial charge >= 0.3 is 5.97 Å². The molecule has 0 aromatic heterocycles. The van der Waals surface area contributed by atoms with Crippen molar-refractivity contribution in [2.75, 3.05) is 6.61 Å². The number of unbranched alkanes of at least 4 members (excludes halogenated alkanes) is 7. The second-order valence-electron chi connectivity index (χ2n) is 6.31. The normalized spacial score (nSPS) is 11.3. The molecule has 134 valence electrons. The van der Waals surface area contributed by atoms with Crippen molar-refractivity contribution in [3.05, 3.63) is 47.7 Å². The van der Waals surface area contributed by atoms with E-state index in [1.54, 1.807) is 0 Å². The molecule has 0 bridgehead atoms. The molecule has 0 radical (unpaired) electrons. The highest BCUT2D eigenvalue weighted by Crippen LogP contribution is 2.08. The summed E-state index contributed by atoms with van der Waals surface area (Å²) in [5.74, 6) is -0.254. The second-order valence-corrected chi connectivity index (χ2v) is 6.31. The molecule has 1 aromatic carbocycles. The van der Waals surface area contributed by atoms with Gasteiger partial charge in [-0.1, -0.05) is 82.2 Å². The first-order chi connectivity index (χ1) is 11.7. The number of esters is 1. The Morgan fingerprint density at radius 1 is 1.00 bits per heavy atom. The first kappa shape index (κ1) is 20.3. The molecule has 0 saturated heterocycles. The molecule has 0 saturated carbocycles. The maximum Gasteiger partial charge on any atom is 0.332 e. The molecule has 1 rings (SSSR count). The lowest BCUT2D eigenvalue weighted by Crippen LogP contribution is -2.13. The van der Waals surface area contributed by atoms with Crippen molar-refractivity contribution in [2.24, 2.45) is 0 Å². The third-order valence-corrected chi connectivity index (χ3v) is 3.99. The Hall–Kier alpha value is -1.77. The van der Waals surface area contributed by atoms with Crippen LogP contribution in [0.4, 0.5) is 0 Å². The molecule has 1 aromatic rings. The van der Waals surface area contributed by atoms with E-state index >= 15 is 0 Å². The Morgan fingerprint density at radius 3 is 2.29 bits per heavy atom. The van der Waals surface area contributed by atoms with Gasteiger partial charge in [0, 0.05) is 18.3 Å². The Balaban J connectivity index is 2.03. The number of benzene rings is 1. The quantitative estimate of drug-likeness (QED) is 0.300. The van der Waals surface area contributed by atoms with Gasteiger partial charge in [-0.25, -0.2) is 4.79 Å². The fraction of sp³-hybridized carbons (Fsp3) is 0.571. The SMILES string of the molecule is CCCCCCCCCCOC(=O)/C=C(/C)NCc1ccccc1. The van der Waals surface area contributed by atoms with Crippen LogP contribution in [0.25, 0.3) is 0 Å². The molecule has 3 heteroatoms. The first-order valence-electron chi connectivity index (χ1n) is 9.35. The molecule has 0 unspecified atom stereocenters. The molecule has 0 spiro atoms. The number of allylic oxidation sites excluding steroid dienone is 1. The summed E-state index contributed by atoms with van der Waals surface area (Å²) in [5, 5.41) is 3.23. The lowest BCUT2D eigenvalue weighted by atomic mass is 10.1. The number of carbonyl (C=O) groups is 1. The molecule has 24 heavy (non-hydrogen) atoms. The fourth-order valence-electron chi connectivity index (χ4n) is 2.52. The van der Waals surface area contributed by atoms with E-state index in [4.69, 9.17) is 4.74 Å². The van der Waals surface area contributed by atoms with Gasteiger partial charge in [0.15, 0.2) is 0 Å². The molecule has 0 fully saturated rings. The van der Waals surface area contributed by atoms with Crippen LogP contribution in [0, 0.1) is 0 Å². The van der Waals surface area contributed by atoms with E-state index in [0.717, 1.165) is 18.5 Å². The monoisotopic (exact) mass is 331 g/mol. The number of nitrogens with one attached hydrogen (secondary N) is 1. The maximum absolute atomic E-state index is 11.7. The van der Waals surface area contributed by atoms with Crippen LogP contribution in [0.15, 0.2) is 42.1 Å². The summed E-state index contributed by atoms with van der Waals surface area (Å²) in [6, 6.07) is 10.1.